The van der Waals surface area contributed by atoms with Crippen LogP contribution in [0, 0.1) is 13.8 Å². The first-order chi connectivity index (χ1) is 27.8. The second-order valence-corrected chi connectivity index (χ2v) is 18.4. The van der Waals surface area contributed by atoms with Gasteiger partial charge in [0.15, 0.2) is 0 Å². The predicted octanol–water partition coefficient (Wildman–Crippen LogP) is 13.5. The summed E-state index contributed by atoms with van der Waals surface area (Å²) in [5, 5.41) is 1.99. The molecule has 0 spiro atoms. The van der Waals surface area contributed by atoms with E-state index in [0.717, 1.165) is 66.6 Å². The number of hydrogen-bond acceptors (Lipinski definition) is 5. The highest BCUT2D eigenvalue weighted by Crippen LogP contribution is 2.38. The lowest BCUT2D eigenvalue weighted by Gasteiger charge is -2.21. The van der Waals surface area contributed by atoms with E-state index in [2.05, 4.69) is 139 Å². The van der Waals surface area contributed by atoms with E-state index < -0.39 is 15.1 Å². The topological polar surface area (TPSA) is 53.5 Å². The first-order valence-corrected chi connectivity index (χ1v) is 21.4. The van der Waals surface area contributed by atoms with Gasteiger partial charge in [-0.1, -0.05) is 157 Å². The first kappa shape index (κ1) is 38.9. The van der Waals surface area contributed by atoms with Crippen molar-refractivity contribution in [2.45, 2.75) is 66.2 Å². The number of aryl methyl sites for hydroxylation is 2. The zero-order valence-corrected chi connectivity index (χ0v) is 35.8. The smallest absolute Gasteiger partial charge is 0.577 e. The van der Waals surface area contributed by atoms with Crippen molar-refractivity contribution >= 4 is 37.0 Å². The van der Waals surface area contributed by atoms with Gasteiger partial charge in [0.05, 0.1) is 5.75 Å². The number of rotatable bonds is 9. The van der Waals surface area contributed by atoms with Gasteiger partial charge in [-0.25, -0.2) is 9.97 Å². The van der Waals surface area contributed by atoms with E-state index in [0.29, 0.717) is 17.2 Å². The number of fused-ring (bicyclic) bond motifs is 2. The summed E-state index contributed by atoms with van der Waals surface area (Å²) in [6, 6.07) is 52.6. The minimum atomic E-state index is -3.06. The van der Waals surface area contributed by atoms with E-state index in [1.54, 1.807) is 0 Å². The minimum absolute atomic E-state index is 0.0655. The van der Waals surface area contributed by atoms with Crippen molar-refractivity contribution in [2.24, 2.45) is 0 Å². The van der Waals surface area contributed by atoms with Gasteiger partial charge < -0.3 is 11.4 Å². The summed E-state index contributed by atoms with van der Waals surface area (Å²) >= 11 is -3.06. The summed E-state index contributed by atoms with van der Waals surface area (Å²) in [6.45, 7) is 17.4. The normalized spacial score (nSPS) is 11.8. The summed E-state index contributed by atoms with van der Waals surface area (Å²) < 4.78 is 20.5. The molecule has 0 aliphatic heterocycles. The van der Waals surface area contributed by atoms with Gasteiger partial charge in [0.2, 0.25) is 0 Å². The molecule has 0 unspecified atom stereocenters. The Morgan fingerprint density at radius 1 is 0.397 bits per heavy atom. The molecule has 0 amide bonds. The third kappa shape index (κ3) is 8.36. The van der Waals surface area contributed by atoms with Crippen molar-refractivity contribution in [3.63, 3.8) is 0 Å². The lowest BCUT2D eigenvalue weighted by molar-refractivity contribution is 0.310. The minimum Gasteiger partial charge on any atom is -0.577 e. The Kier molecular flexibility index (Phi) is 10.6. The van der Waals surface area contributed by atoms with Crippen LogP contribution in [0.25, 0.3) is 55.2 Å². The lowest BCUT2D eigenvalue weighted by atomic mass is 9.86. The Morgan fingerprint density at radius 2 is 0.810 bits per heavy atom. The van der Waals surface area contributed by atoms with Crippen molar-refractivity contribution < 1.29 is 11.4 Å². The Balaban J connectivity index is 1.19. The molecule has 2 heterocycles. The number of benzene rings is 6. The van der Waals surface area contributed by atoms with Crippen LogP contribution in [0.2, 0.25) is 0 Å². The molecule has 0 aliphatic rings. The van der Waals surface area contributed by atoms with Crippen LogP contribution in [0.3, 0.4) is 0 Å². The number of aromatic nitrogens is 2. The molecule has 8 aromatic rings. The Hall–Kier alpha value is -5.93. The monoisotopic (exact) mass is 776 g/mol. The standard InChI is InChI=1S/2C20H21NO.C12H10O.Al/c2*1-13-5-10-17-16(11-12-18(22)19(17)21-13)14-6-8-15(9-7-14)20(2,3)4;13-12-8-6-11(7-9-12)10-4-2-1-3-5-10;/h2*5-12,22H,1-4H3;1-9,13H;/q;;;+3/p-3. The van der Waals surface area contributed by atoms with Crippen LogP contribution in [-0.4, -0.2) is 25.1 Å². The molecule has 0 N–H and O–H groups in total. The summed E-state index contributed by atoms with van der Waals surface area (Å²) in [6.07, 6.45) is 0. The van der Waals surface area contributed by atoms with Crippen LogP contribution in [-0.2, 0) is 10.8 Å². The molecule has 288 valence electrons. The third-order valence-electron chi connectivity index (χ3n) is 10.7. The van der Waals surface area contributed by atoms with E-state index in [9.17, 15) is 0 Å². The van der Waals surface area contributed by atoms with Crippen molar-refractivity contribution in [1.82, 2.24) is 9.97 Å². The Bertz CT molecular complexity index is 2570. The first-order valence-electron chi connectivity index (χ1n) is 20.0. The maximum absolute atomic E-state index is 6.90. The fraction of sp³-hybridized carbons (Fsp3) is 0.192. The van der Waals surface area contributed by atoms with Gasteiger partial charge in [-0.3, -0.25) is 0 Å². The Morgan fingerprint density at radius 3 is 1.24 bits per heavy atom. The number of hydrogen-bond donors (Lipinski definition) is 0. The van der Waals surface area contributed by atoms with Crippen molar-refractivity contribution in [3.05, 3.63) is 174 Å². The highest BCUT2D eigenvalue weighted by Gasteiger charge is 2.45. The molecule has 0 bridgehead atoms. The fourth-order valence-electron chi connectivity index (χ4n) is 7.32. The lowest BCUT2D eigenvalue weighted by Crippen LogP contribution is -2.37. The fourth-order valence-corrected chi connectivity index (χ4v) is 8.64. The number of nitrogens with zero attached hydrogens (tertiary/aromatic N) is 2. The van der Waals surface area contributed by atoms with Crippen molar-refractivity contribution in [2.75, 3.05) is 0 Å². The maximum atomic E-state index is 6.90. The summed E-state index contributed by atoms with van der Waals surface area (Å²) in [4.78, 5) is 10.1. The van der Waals surface area contributed by atoms with Gasteiger partial charge in [-0.2, -0.15) is 0 Å². The zero-order valence-electron chi connectivity index (χ0n) is 34.6. The SMILES string of the molecule is Cc1ccc2c(-c3ccc(C(C)(C)C)cc3)ccc([O][Al]([O]c3ccc(-c4ccccc4)cc3)[O]c3ccc(-c4ccc(C(C)(C)C)cc4)c4ccc(C)nc34)c2n1. The van der Waals surface area contributed by atoms with Gasteiger partial charge >= 0.3 is 15.1 Å². The molecule has 0 atom stereocenters. The molecule has 0 saturated heterocycles. The van der Waals surface area contributed by atoms with E-state index in [1.807, 2.05) is 68.4 Å². The molecule has 5 nitrogen and oxygen atoms in total. The second kappa shape index (κ2) is 15.8. The average Bonchev–Trinajstić information content (AvgIpc) is 3.21. The largest absolute Gasteiger partial charge is 1.20 e. The van der Waals surface area contributed by atoms with Gasteiger partial charge in [0, 0.05) is 22.2 Å². The second-order valence-electron chi connectivity index (χ2n) is 17.1. The van der Waals surface area contributed by atoms with Gasteiger partial charge in [-0.15, -0.1) is 0 Å². The van der Waals surface area contributed by atoms with Crippen LogP contribution in [0.15, 0.2) is 152 Å². The van der Waals surface area contributed by atoms with Gasteiger partial charge in [-0.05, 0) is 106 Å². The molecule has 8 rings (SSSR count). The van der Waals surface area contributed by atoms with Crippen LogP contribution in [0.5, 0.6) is 17.2 Å². The molecule has 6 heteroatoms. The molecule has 2 aromatic heterocycles. The highest BCUT2D eigenvalue weighted by molar-refractivity contribution is 6.40. The maximum Gasteiger partial charge on any atom is 1.20 e. The van der Waals surface area contributed by atoms with Crippen LogP contribution in [0.1, 0.15) is 64.1 Å². The molecule has 0 fully saturated rings. The Labute approximate surface area is 347 Å². The molecule has 58 heavy (non-hydrogen) atoms. The summed E-state index contributed by atoms with van der Waals surface area (Å²) in [5.41, 5.74) is 12.7. The molecular formula is C52H49AlN2O3. The van der Waals surface area contributed by atoms with Crippen LogP contribution < -0.4 is 11.4 Å². The molecular weight excluding hydrogens is 728 g/mol. The highest BCUT2D eigenvalue weighted by atomic mass is 27.3. The van der Waals surface area contributed by atoms with Gasteiger partial charge in [0.1, 0.15) is 22.5 Å². The van der Waals surface area contributed by atoms with Crippen LogP contribution in [0.4, 0.5) is 0 Å². The van der Waals surface area contributed by atoms with E-state index in [-0.39, 0.29) is 10.8 Å². The predicted molar refractivity (Wildman–Crippen MR) is 241 cm³/mol. The number of pyridine rings is 2. The average molecular weight is 777 g/mol. The summed E-state index contributed by atoms with van der Waals surface area (Å²) in [5.74, 6) is 1.87. The van der Waals surface area contributed by atoms with Gasteiger partial charge in [0.25, 0.3) is 0 Å². The van der Waals surface area contributed by atoms with Crippen molar-refractivity contribution in [3.8, 4) is 50.6 Å². The molecule has 0 saturated carbocycles. The third-order valence-corrected chi connectivity index (χ3v) is 12.0. The summed E-state index contributed by atoms with van der Waals surface area (Å²) in [7, 11) is 0. The molecule has 6 aromatic carbocycles. The van der Waals surface area contributed by atoms with E-state index >= 15 is 0 Å². The molecule has 0 aliphatic carbocycles. The quantitative estimate of drug-likeness (QED) is 0.137. The molecule has 0 radical (unpaired) electrons. The van der Waals surface area contributed by atoms with Crippen molar-refractivity contribution in [1.29, 1.82) is 0 Å². The zero-order chi connectivity index (χ0) is 40.6. The van der Waals surface area contributed by atoms with E-state index in [4.69, 9.17) is 21.3 Å². The van der Waals surface area contributed by atoms with Crippen LogP contribution >= 0.6 is 0 Å². The van der Waals surface area contributed by atoms with E-state index in [1.165, 1.54) is 11.1 Å².